The first kappa shape index (κ1) is 83.6. The van der Waals surface area contributed by atoms with Crippen LogP contribution in [0.2, 0.25) is 0 Å². The fourth-order valence-electron chi connectivity index (χ4n) is 8.65. The van der Waals surface area contributed by atoms with Gasteiger partial charge in [-0.25, -0.2) is 4.57 Å². The lowest BCUT2D eigenvalue weighted by Gasteiger charge is -2.19. The Bertz CT molecular complexity index is 2210. The molecule has 0 saturated carbocycles. The number of hydrogen-bond donors (Lipinski definition) is 2. The summed E-state index contributed by atoms with van der Waals surface area (Å²) >= 11 is 0. The minimum Gasteiger partial charge on any atom is -0.462 e. The Kier molecular flexibility index (Phi) is 67.3. The van der Waals surface area contributed by atoms with E-state index < -0.39 is 32.5 Å². The van der Waals surface area contributed by atoms with Gasteiger partial charge in [0.05, 0.1) is 13.2 Å². The predicted molar refractivity (Wildman–Crippen MR) is 385 cm³/mol. The van der Waals surface area contributed by atoms with Gasteiger partial charge in [0.15, 0.2) is 6.10 Å². The number of rotatable bonds is 62. The summed E-state index contributed by atoms with van der Waals surface area (Å²) in [7, 11) is -4.42. The van der Waals surface area contributed by atoms with Gasteiger partial charge >= 0.3 is 19.8 Å². The highest BCUT2D eigenvalue weighted by atomic mass is 31.2. The van der Waals surface area contributed by atoms with Crippen molar-refractivity contribution in [2.45, 2.75) is 251 Å². The monoisotopic (exact) mass is 1250 g/mol. The highest BCUT2D eigenvalue weighted by molar-refractivity contribution is 7.47. The van der Waals surface area contributed by atoms with Crippen LogP contribution in [0, 0.1) is 0 Å². The van der Waals surface area contributed by atoms with E-state index >= 15 is 0 Å². The molecule has 2 atom stereocenters. The topological polar surface area (TPSA) is 134 Å². The van der Waals surface area contributed by atoms with E-state index in [4.69, 9.17) is 24.3 Å². The van der Waals surface area contributed by atoms with Gasteiger partial charge in [0.1, 0.15) is 6.61 Å². The van der Waals surface area contributed by atoms with Crippen LogP contribution in [-0.2, 0) is 32.7 Å². The third-order valence-corrected chi connectivity index (χ3v) is 14.6. The van der Waals surface area contributed by atoms with E-state index in [9.17, 15) is 19.0 Å². The molecule has 0 aromatic rings. The number of carbonyl (C=O) groups is 2. The van der Waals surface area contributed by atoms with Crippen LogP contribution in [0.4, 0.5) is 0 Å². The van der Waals surface area contributed by atoms with Crippen LogP contribution < -0.4 is 5.73 Å². The molecule has 0 heterocycles. The average molecular weight is 1250 g/mol. The second-order valence-corrected chi connectivity index (χ2v) is 23.4. The van der Waals surface area contributed by atoms with Gasteiger partial charge in [-0.2, -0.15) is 0 Å². The van der Waals surface area contributed by atoms with Crippen molar-refractivity contribution in [1.29, 1.82) is 0 Å². The largest absolute Gasteiger partial charge is 0.472 e. The van der Waals surface area contributed by atoms with Crippen molar-refractivity contribution in [3.05, 3.63) is 207 Å². The van der Waals surface area contributed by atoms with Crippen LogP contribution in [0.15, 0.2) is 207 Å². The first-order chi connectivity index (χ1) is 43.8. The first-order valence-electron chi connectivity index (χ1n) is 34.6. The molecule has 0 saturated heterocycles. The van der Waals surface area contributed by atoms with E-state index in [2.05, 4.69) is 214 Å². The van der Waals surface area contributed by atoms with Crippen LogP contribution in [-0.4, -0.2) is 49.3 Å². The summed E-state index contributed by atoms with van der Waals surface area (Å²) in [4.78, 5) is 35.3. The zero-order valence-electron chi connectivity index (χ0n) is 55.8. The van der Waals surface area contributed by atoms with Crippen molar-refractivity contribution < 1.29 is 37.6 Å². The molecule has 3 N–H and O–H groups in total. The summed E-state index contributed by atoms with van der Waals surface area (Å²) < 4.78 is 33.1. The van der Waals surface area contributed by atoms with Gasteiger partial charge in [0, 0.05) is 19.4 Å². The molecule has 498 valence electrons. The van der Waals surface area contributed by atoms with Gasteiger partial charge in [-0.05, 0) is 141 Å². The zero-order chi connectivity index (χ0) is 64.4. The Balaban J connectivity index is 4.03. The predicted octanol–water partition coefficient (Wildman–Crippen LogP) is 23.1. The number of carbonyl (C=O) groups excluding carboxylic acids is 2. The van der Waals surface area contributed by atoms with Crippen molar-refractivity contribution in [3.8, 4) is 0 Å². The second kappa shape index (κ2) is 71.7. The molecule has 0 radical (unpaired) electrons. The molecule has 9 nitrogen and oxygen atoms in total. The van der Waals surface area contributed by atoms with Gasteiger partial charge in [0.2, 0.25) is 0 Å². The van der Waals surface area contributed by atoms with Crippen LogP contribution in [0.25, 0.3) is 0 Å². The molecule has 89 heavy (non-hydrogen) atoms. The van der Waals surface area contributed by atoms with Gasteiger partial charge in [0.25, 0.3) is 0 Å². The molecule has 0 aliphatic rings. The maximum Gasteiger partial charge on any atom is 0.472 e. The zero-order valence-corrected chi connectivity index (χ0v) is 56.7. The van der Waals surface area contributed by atoms with Crippen molar-refractivity contribution >= 4 is 19.8 Å². The molecule has 0 amide bonds. The number of unbranched alkanes of at least 4 members (excludes halogenated alkanes) is 15. The number of allylic oxidation sites excluding steroid dienone is 34. The Labute approximate surface area is 544 Å². The molecule has 0 aromatic heterocycles. The normalized spacial score (nSPS) is 14.2. The van der Waals surface area contributed by atoms with Gasteiger partial charge in [-0.15, -0.1) is 0 Å². The highest BCUT2D eigenvalue weighted by Crippen LogP contribution is 2.43. The Morgan fingerprint density at radius 2 is 0.596 bits per heavy atom. The van der Waals surface area contributed by atoms with Crippen LogP contribution >= 0.6 is 7.82 Å². The summed E-state index contributed by atoms with van der Waals surface area (Å²) in [5.41, 5.74) is 5.39. The lowest BCUT2D eigenvalue weighted by molar-refractivity contribution is -0.161. The maximum atomic E-state index is 12.7. The molecule has 0 bridgehead atoms. The van der Waals surface area contributed by atoms with Crippen LogP contribution in [0.5, 0.6) is 0 Å². The van der Waals surface area contributed by atoms with E-state index in [1.54, 1.807) is 0 Å². The molecule has 0 aliphatic carbocycles. The number of esters is 2. The Morgan fingerprint density at radius 1 is 0.337 bits per heavy atom. The summed E-state index contributed by atoms with van der Waals surface area (Å²) in [5.74, 6) is -0.911. The van der Waals surface area contributed by atoms with Gasteiger partial charge in [-0.1, -0.05) is 297 Å². The molecular weight excluding hydrogens is 1120 g/mol. The number of nitrogens with two attached hydrogens (primary N) is 1. The second-order valence-electron chi connectivity index (χ2n) is 21.9. The van der Waals surface area contributed by atoms with Crippen LogP contribution in [0.1, 0.15) is 245 Å². The third kappa shape index (κ3) is 71.5. The Hall–Kier alpha value is -5.41. The summed E-state index contributed by atoms with van der Waals surface area (Å²) in [6.45, 7) is 3.43. The molecule has 0 spiro atoms. The lowest BCUT2D eigenvalue weighted by Crippen LogP contribution is -2.29. The minimum atomic E-state index is -4.42. The van der Waals surface area contributed by atoms with E-state index in [0.717, 1.165) is 128 Å². The molecule has 0 rings (SSSR count). The smallest absolute Gasteiger partial charge is 0.462 e. The molecule has 2 unspecified atom stereocenters. The number of phosphoric ester groups is 1. The number of phosphoric acid groups is 1. The standard InChI is InChI=1S/C79H124NO8P/c1-3-5-7-9-11-13-15-17-19-21-23-25-27-29-31-33-34-35-36-37-38-39-40-41-42-44-45-47-49-51-53-55-57-59-61-63-65-67-69-71-78(81)85-75-77(76-87-89(83,84)86-74-73-80)88-79(82)72-70-68-66-64-62-60-58-56-54-52-50-48-46-43-32-30-28-26-24-22-20-18-16-14-12-10-8-6-4-2/h5-8,11-14,17-20,23-26,29-32,34-35,37-38,40-41,46,48,52,54,58,60,64,66,77H,3-4,9-10,15-16,21-22,27-28,33,36,39,42-45,47,49-51,53,55-57,59,61-63,65,67-76,80H2,1-2H3,(H,83,84)/b7-5-,8-6-,13-11-,14-12-,19-17-,20-18-,25-23-,26-24-,31-29-,32-30-,35-34-,38-37-,41-40-,48-46-,54-52-,60-58-,66-64-. The SMILES string of the molecule is CC/C=C\C/C=C\C/C=C\C/C=C\C/C=C\C/C=C\C/C=C\C/C=C\C/C=C\CCCC(=O)OC(COC(=O)CCCCCCCCCCCCCCCC/C=C\C/C=C\C/C=C\C/C=C\C/C=C\C/C=C\C/C=C\C/C=C\CC)COP(=O)(O)OCCN. The van der Waals surface area contributed by atoms with Crippen molar-refractivity contribution in [3.63, 3.8) is 0 Å². The average Bonchev–Trinajstić information content (AvgIpc) is 3.68. The molecular formula is C79H124NO8P. The van der Waals surface area contributed by atoms with E-state index in [1.165, 1.54) is 70.6 Å². The van der Waals surface area contributed by atoms with Crippen LogP contribution in [0.3, 0.4) is 0 Å². The van der Waals surface area contributed by atoms with E-state index in [0.29, 0.717) is 19.3 Å². The molecule has 0 aromatic carbocycles. The summed E-state index contributed by atoms with van der Waals surface area (Å²) in [6, 6.07) is 0. The fraction of sp³-hybridized carbons (Fsp3) is 0.544. The molecule has 0 fully saturated rings. The minimum absolute atomic E-state index is 0.0337. The van der Waals surface area contributed by atoms with Crippen molar-refractivity contribution in [2.75, 3.05) is 26.4 Å². The number of ether oxygens (including phenoxy) is 2. The van der Waals surface area contributed by atoms with E-state index in [-0.39, 0.29) is 32.6 Å². The van der Waals surface area contributed by atoms with Gasteiger partial charge in [-0.3, -0.25) is 18.6 Å². The van der Waals surface area contributed by atoms with Crippen molar-refractivity contribution in [2.24, 2.45) is 5.73 Å². The quantitative estimate of drug-likeness (QED) is 0.0264. The van der Waals surface area contributed by atoms with Gasteiger partial charge < -0.3 is 20.1 Å². The summed E-state index contributed by atoms with van der Waals surface area (Å²) in [5, 5.41) is 0. The Morgan fingerprint density at radius 3 is 0.899 bits per heavy atom. The fourth-order valence-corrected chi connectivity index (χ4v) is 9.42. The highest BCUT2D eigenvalue weighted by Gasteiger charge is 2.26. The molecule has 0 aliphatic heterocycles. The summed E-state index contributed by atoms with van der Waals surface area (Å²) in [6.07, 6.45) is 111. The van der Waals surface area contributed by atoms with Crippen molar-refractivity contribution in [1.82, 2.24) is 0 Å². The third-order valence-electron chi connectivity index (χ3n) is 13.7. The van der Waals surface area contributed by atoms with E-state index in [1.807, 2.05) is 6.08 Å². The molecule has 10 heteroatoms. The number of hydrogen-bond acceptors (Lipinski definition) is 8. The first-order valence-corrected chi connectivity index (χ1v) is 36.1. The maximum absolute atomic E-state index is 12.7. The lowest BCUT2D eigenvalue weighted by atomic mass is 10.0.